The van der Waals surface area contributed by atoms with E-state index < -0.39 is 0 Å². The normalized spacial score (nSPS) is 26.4. The number of aromatic amines is 2. The van der Waals surface area contributed by atoms with Crippen molar-refractivity contribution in [2.75, 3.05) is 13.7 Å². The summed E-state index contributed by atoms with van der Waals surface area (Å²) >= 11 is 0. The molecule has 132 valence electrons. The summed E-state index contributed by atoms with van der Waals surface area (Å²) in [6, 6.07) is 1.81. The number of carbonyl (C=O) groups is 1. The zero-order valence-corrected chi connectivity index (χ0v) is 14.4. The van der Waals surface area contributed by atoms with Crippen LogP contribution in [0.25, 0.3) is 0 Å². The molecule has 5 rings (SSSR count). The topological polar surface area (TPSA) is 86.9 Å². The van der Waals surface area contributed by atoms with Crippen LogP contribution in [0.3, 0.4) is 0 Å². The van der Waals surface area contributed by atoms with Gasteiger partial charge in [-0.3, -0.25) is 9.89 Å². The molecule has 1 amide bonds. The molecule has 25 heavy (non-hydrogen) atoms. The summed E-state index contributed by atoms with van der Waals surface area (Å²) in [4.78, 5) is 23.1. The van der Waals surface area contributed by atoms with Crippen molar-refractivity contribution in [1.82, 2.24) is 25.1 Å². The van der Waals surface area contributed by atoms with Gasteiger partial charge in [0.15, 0.2) is 5.82 Å². The first-order chi connectivity index (χ1) is 12.2. The van der Waals surface area contributed by atoms with E-state index >= 15 is 0 Å². The third-order valence-electron chi connectivity index (χ3n) is 5.63. The second kappa shape index (κ2) is 5.69. The van der Waals surface area contributed by atoms with Gasteiger partial charge in [-0.1, -0.05) is 0 Å². The molecule has 0 unspecified atom stereocenters. The number of nitrogens with one attached hydrogen (secondary N) is 2. The number of likely N-dealkylation sites (tertiary alicyclic amines) is 1. The van der Waals surface area contributed by atoms with Crippen molar-refractivity contribution in [3.8, 4) is 0 Å². The number of hydrogen-bond donors (Lipinski definition) is 2. The maximum Gasteiger partial charge on any atom is 0.256 e. The first-order valence-corrected chi connectivity index (χ1v) is 9.17. The van der Waals surface area contributed by atoms with Crippen LogP contribution in [0.1, 0.15) is 77.7 Å². The van der Waals surface area contributed by atoms with Crippen LogP contribution in [0.2, 0.25) is 0 Å². The van der Waals surface area contributed by atoms with Crippen LogP contribution in [0.4, 0.5) is 0 Å². The maximum atomic E-state index is 13.2. The Labute approximate surface area is 146 Å². The van der Waals surface area contributed by atoms with Gasteiger partial charge in [-0.15, -0.1) is 0 Å². The Morgan fingerprint density at radius 2 is 2.08 bits per heavy atom. The molecule has 2 aliphatic carbocycles. The van der Waals surface area contributed by atoms with Gasteiger partial charge in [-0.2, -0.15) is 5.10 Å². The highest BCUT2D eigenvalue weighted by Gasteiger charge is 2.41. The molecule has 0 aromatic carbocycles. The fourth-order valence-electron chi connectivity index (χ4n) is 3.85. The fraction of sp³-hybridized carbons (Fsp3) is 0.611. The van der Waals surface area contributed by atoms with Crippen molar-refractivity contribution in [2.45, 2.75) is 56.1 Å². The molecule has 7 nitrogen and oxygen atoms in total. The molecule has 2 N–H and O–H groups in total. The Balaban J connectivity index is 1.44. The average Bonchev–Trinajstić information content (AvgIpc) is 3.51. The van der Waals surface area contributed by atoms with Crippen LogP contribution in [-0.4, -0.2) is 50.7 Å². The number of ether oxygens (including phenoxy) is 1. The molecule has 2 atom stereocenters. The summed E-state index contributed by atoms with van der Waals surface area (Å²) < 4.78 is 5.55. The second-order valence-corrected chi connectivity index (χ2v) is 7.50. The highest BCUT2D eigenvalue weighted by molar-refractivity contribution is 5.96. The Morgan fingerprint density at radius 3 is 2.80 bits per heavy atom. The highest BCUT2D eigenvalue weighted by atomic mass is 16.5. The number of aromatic nitrogens is 4. The van der Waals surface area contributed by atoms with E-state index in [-0.39, 0.29) is 18.1 Å². The van der Waals surface area contributed by atoms with Crippen molar-refractivity contribution >= 4 is 5.91 Å². The van der Waals surface area contributed by atoms with Crippen molar-refractivity contribution in [3.63, 3.8) is 0 Å². The fourth-order valence-corrected chi connectivity index (χ4v) is 3.85. The smallest absolute Gasteiger partial charge is 0.256 e. The van der Waals surface area contributed by atoms with Crippen LogP contribution >= 0.6 is 0 Å². The molecule has 3 aliphatic rings. The Hall–Kier alpha value is -2.15. The van der Waals surface area contributed by atoms with Crippen molar-refractivity contribution < 1.29 is 9.53 Å². The summed E-state index contributed by atoms with van der Waals surface area (Å²) in [5, 5.41) is 7.44. The minimum Gasteiger partial charge on any atom is -0.380 e. The van der Waals surface area contributed by atoms with E-state index in [4.69, 9.17) is 4.74 Å². The van der Waals surface area contributed by atoms with E-state index in [1.54, 1.807) is 7.11 Å². The lowest BCUT2D eigenvalue weighted by atomic mass is 10.1. The predicted molar refractivity (Wildman–Crippen MR) is 90.3 cm³/mol. The lowest BCUT2D eigenvalue weighted by molar-refractivity contribution is 0.0683. The Kier molecular flexibility index (Phi) is 3.45. The largest absolute Gasteiger partial charge is 0.380 e. The number of nitrogens with zero attached hydrogens (tertiary/aromatic N) is 3. The summed E-state index contributed by atoms with van der Waals surface area (Å²) in [5.41, 5.74) is 1.88. The Bertz CT molecular complexity index is 789. The maximum absolute atomic E-state index is 13.2. The van der Waals surface area contributed by atoms with Gasteiger partial charge in [0.05, 0.1) is 17.7 Å². The van der Waals surface area contributed by atoms with E-state index in [2.05, 4.69) is 20.2 Å². The van der Waals surface area contributed by atoms with E-state index in [0.29, 0.717) is 18.4 Å². The molecule has 7 heteroatoms. The number of rotatable bonds is 5. The third kappa shape index (κ3) is 2.66. The van der Waals surface area contributed by atoms with Gasteiger partial charge in [-0.25, -0.2) is 4.98 Å². The van der Waals surface area contributed by atoms with Gasteiger partial charge in [0, 0.05) is 37.9 Å². The second-order valence-electron chi connectivity index (χ2n) is 7.50. The van der Waals surface area contributed by atoms with Gasteiger partial charge in [-0.05, 0) is 37.7 Å². The van der Waals surface area contributed by atoms with Crippen molar-refractivity contribution in [1.29, 1.82) is 0 Å². The summed E-state index contributed by atoms with van der Waals surface area (Å²) in [6.07, 6.45) is 7.32. The zero-order chi connectivity index (χ0) is 17.0. The highest BCUT2D eigenvalue weighted by Crippen LogP contribution is 2.42. The van der Waals surface area contributed by atoms with Gasteiger partial charge in [0.1, 0.15) is 5.82 Å². The minimum atomic E-state index is -0.0978. The van der Waals surface area contributed by atoms with Crippen LogP contribution in [0.5, 0.6) is 0 Å². The Morgan fingerprint density at radius 1 is 1.28 bits per heavy atom. The lowest BCUT2D eigenvalue weighted by Gasteiger charge is -2.23. The first kappa shape index (κ1) is 15.1. The number of H-pyrrole nitrogens is 2. The predicted octanol–water partition coefficient (Wildman–Crippen LogP) is 2.49. The van der Waals surface area contributed by atoms with Crippen LogP contribution in [-0.2, 0) is 4.74 Å². The van der Waals surface area contributed by atoms with Gasteiger partial charge >= 0.3 is 0 Å². The molecule has 3 heterocycles. The van der Waals surface area contributed by atoms with Crippen LogP contribution in [0.15, 0.2) is 12.3 Å². The zero-order valence-electron chi connectivity index (χ0n) is 14.4. The molecule has 1 saturated heterocycles. The molecule has 0 spiro atoms. The molecule has 2 saturated carbocycles. The molecule has 3 fully saturated rings. The molecule has 0 bridgehead atoms. The third-order valence-corrected chi connectivity index (χ3v) is 5.63. The number of hydrogen-bond acceptors (Lipinski definition) is 4. The summed E-state index contributed by atoms with van der Waals surface area (Å²) in [5.74, 6) is 2.76. The number of amides is 1. The average molecular weight is 341 g/mol. The van der Waals surface area contributed by atoms with Crippen LogP contribution < -0.4 is 0 Å². The van der Waals surface area contributed by atoms with E-state index in [1.807, 2.05) is 17.2 Å². The van der Waals surface area contributed by atoms with E-state index in [1.165, 1.54) is 12.8 Å². The molecule has 1 aliphatic heterocycles. The molecule has 0 radical (unpaired) electrons. The minimum absolute atomic E-state index is 0.0340. The summed E-state index contributed by atoms with van der Waals surface area (Å²) in [7, 11) is 1.71. The van der Waals surface area contributed by atoms with E-state index in [0.717, 1.165) is 42.2 Å². The molecule has 2 aromatic heterocycles. The molecular formula is C18H23N5O2. The van der Waals surface area contributed by atoms with Crippen molar-refractivity contribution in [3.05, 3.63) is 35.2 Å². The quantitative estimate of drug-likeness (QED) is 0.875. The SMILES string of the molecule is CO[C@@H]1C[C@@H](c2nc(C3CC3)n[nH]2)N(C(=O)c2cc[nH]c2C2CC2)C1. The number of methoxy groups -OCH3 is 1. The van der Waals surface area contributed by atoms with E-state index in [9.17, 15) is 4.79 Å². The monoisotopic (exact) mass is 341 g/mol. The van der Waals surface area contributed by atoms with Crippen LogP contribution in [0, 0.1) is 0 Å². The first-order valence-electron chi connectivity index (χ1n) is 9.17. The molecular weight excluding hydrogens is 318 g/mol. The van der Waals surface area contributed by atoms with Crippen molar-refractivity contribution in [2.24, 2.45) is 0 Å². The lowest BCUT2D eigenvalue weighted by Crippen LogP contribution is -2.32. The van der Waals surface area contributed by atoms with Gasteiger partial charge in [0.2, 0.25) is 0 Å². The standard InChI is InChI=1S/C18H23N5O2/c1-25-12-8-14(17-20-16(21-22-17)11-4-5-11)23(9-12)18(24)13-6-7-19-15(13)10-2-3-10/h6-7,10-12,14,19H,2-5,8-9H2,1H3,(H,20,21,22)/t12-,14+/m1/s1. The van der Waals surface area contributed by atoms with Gasteiger partial charge < -0.3 is 14.6 Å². The van der Waals surface area contributed by atoms with Gasteiger partial charge in [0.25, 0.3) is 5.91 Å². The number of carbonyl (C=O) groups excluding carboxylic acids is 1. The molecule has 2 aromatic rings. The summed E-state index contributed by atoms with van der Waals surface area (Å²) in [6.45, 7) is 0.592.